The first-order chi connectivity index (χ1) is 8.95. The number of benzene rings is 1. The van der Waals surface area contributed by atoms with Gasteiger partial charge in [0.15, 0.2) is 0 Å². The van der Waals surface area contributed by atoms with Gasteiger partial charge in [0.2, 0.25) is 0 Å². The molecule has 5 heteroatoms. The molecule has 0 aliphatic heterocycles. The topological polar surface area (TPSA) is 47.2 Å². The second-order valence-corrected chi connectivity index (χ2v) is 4.65. The van der Waals surface area contributed by atoms with Crippen LogP contribution in [-0.2, 0) is 7.05 Å². The van der Waals surface area contributed by atoms with Crippen molar-refractivity contribution < 1.29 is 0 Å². The molecule has 1 aromatic carbocycles. The summed E-state index contributed by atoms with van der Waals surface area (Å²) >= 11 is 0. The van der Waals surface area contributed by atoms with Crippen LogP contribution in [-0.4, -0.2) is 23.2 Å². The third-order valence-corrected chi connectivity index (χ3v) is 3.13. The molecular weight excluding hydrogens is 242 g/mol. The first-order valence-corrected chi connectivity index (χ1v) is 6.00. The van der Waals surface area contributed by atoms with Crippen molar-refractivity contribution in [2.45, 2.75) is 6.92 Å². The zero-order valence-corrected chi connectivity index (χ0v) is 11.5. The fourth-order valence-electron chi connectivity index (χ4n) is 2.20. The fourth-order valence-corrected chi connectivity index (χ4v) is 2.20. The maximum absolute atomic E-state index is 12.3. The van der Waals surface area contributed by atoms with E-state index in [-0.39, 0.29) is 11.2 Å². The highest BCUT2D eigenvalue weighted by atomic mass is 16.2. The van der Waals surface area contributed by atoms with Gasteiger partial charge in [0, 0.05) is 21.1 Å². The lowest BCUT2D eigenvalue weighted by Gasteiger charge is -2.19. The molecule has 0 N–H and O–H groups in total. The van der Waals surface area contributed by atoms with Gasteiger partial charge in [-0.2, -0.15) is 0 Å². The molecule has 1 heterocycles. The van der Waals surface area contributed by atoms with E-state index in [4.69, 9.17) is 0 Å². The maximum Gasteiger partial charge on any atom is 0.335 e. The Kier molecular flexibility index (Phi) is 3.29. The van der Waals surface area contributed by atoms with Crippen molar-refractivity contribution >= 4 is 5.69 Å². The van der Waals surface area contributed by atoms with Crippen LogP contribution in [0.15, 0.2) is 39.9 Å². The Morgan fingerprint density at radius 1 is 1.05 bits per heavy atom. The van der Waals surface area contributed by atoms with Crippen LogP contribution in [0.4, 0.5) is 5.69 Å². The molecule has 0 bridgehead atoms. The predicted molar refractivity (Wildman–Crippen MR) is 76.3 cm³/mol. The van der Waals surface area contributed by atoms with Gasteiger partial charge in [0.05, 0.1) is 11.4 Å². The predicted octanol–water partition coefficient (Wildman–Crippen LogP) is 0.911. The number of nitrogens with zero attached hydrogens (tertiary/aromatic N) is 3. The standard InChI is InChI=1S/C14H17N3O2/c1-10-12(15(2)3)13(18)16(4)14(19)17(10)11-8-6-5-7-9-11/h5-9H,1-4H3. The van der Waals surface area contributed by atoms with Crippen LogP contribution in [0, 0.1) is 6.92 Å². The lowest BCUT2D eigenvalue weighted by molar-refractivity contribution is 0.709. The Morgan fingerprint density at radius 3 is 2.16 bits per heavy atom. The van der Waals surface area contributed by atoms with Gasteiger partial charge in [-0.25, -0.2) is 4.79 Å². The van der Waals surface area contributed by atoms with E-state index in [1.54, 1.807) is 30.5 Å². The van der Waals surface area contributed by atoms with Gasteiger partial charge in [0.25, 0.3) is 5.56 Å². The fraction of sp³-hybridized carbons (Fsp3) is 0.286. The summed E-state index contributed by atoms with van der Waals surface area (Å²) in [5, 5.41) is 0. The zero-order chi connectivity index (χ0) is 14.2. The Balaban J connectivity index is 2.91. The highest BCUT2D eigenvalue weighted by molar-refractivity contribution is 5.50. The molecule has 0 atom stereocenters. The van der Waals surface area contributed by atoms with Gasteiger partial charge in [0.1, 0.15) is 5.69 Å². The zero-order valence-electron chi connectivity index (χ0n) is 11.5. The first-order valence-electron chi connectivity index (χ1n) is 6.00. The van der Waals surface area contributed by atoms with Crippen molar-refractivity contribution in [3.63, 3.8) is 0 Å². The lowest BCUT2D eigenvalue weighted by Crippen LogP contribution is -2.41. The van der Waals surface area contributed by atoms with Gasteiger partial charge in [-0.15, -0.1) is 0 Å². The van der Waals surface area contributed by atoms with Crippen LogP contribution in [0.2, 0.25) is 0 Å². The number of rotatable bonds is 2. The van der Waals surface area contributed by atoms with Gasteiger partial charge in [-0.3, -0.25) is 13.9 Å². The Bertz CT molecular complexity index is 712. The summed E-state index contributed by atoms with van der Waals surface area (Å²) in [4.78, 5) is 26.2. The lowest BCUT2D eigenvalue weighted by atomic mass is 10.2. The van der Waals surface area contributed by atoms with Crippen LogP contribution in [0.25, 0.3) is 5.69 Å². The minimum absolute atomic E-state index is 0.278. The average Bonchev–Trinajstić information content (AvgIpc) is 2.37. The number of aromatic nitrogens is 2. The van der Waals surface area contributed by atoms with Crippen LogP contribution >= 0.6 is 0 Å². The normalized spacial score (nSPS) is 10.5. The minimum Gasteiger partial charge on any atom is -0.372 e. The molecule has 0 radical (unpaired) electrons. The molecule has 0 saturated carbocycles. The third-order valence-electron chi connectivity index (χ3n) is 3.13. The largest absolute Gasteiger partial charge is 0.372 e. The van der Waals surface area contributed by atoms with E-state index in [1.807, 2.05) is 30.3 Å². The first kappa shape index (κ1) is 13.1. The molecule has 5 nitrogen and oxygen atoms in total. The second-order valence-electron chi connectivity index (χ2n) is 4.65. The van der Waals surface area contributed by atoms with Crippen molar-refractivity contribution in [3.05, 3.63) is 56.9 Å². The summed E-state index contributed by atoms with van der Waals surface area (Å²) in [6.45, 7) is 1.78. The van der Waals surface area contributed by atoms with Crippen LogP contribution in [0.1, 0.15) is 5.69 Å². The van der Waals surface area contributed by atoms with E-state index >= 15 is 0 Å². The van der Waals surface area contributed by atoms with Crippen LogP contribution in [0.3, 0.4) is 0 Å². The van der Waals surface area contributed by atoms with Crippen molar-refractivity contribution in [2.24, 2.45) is 7.05 Å². The number of hydrogen-bond donors (Lipinski definition) is 0. The molecule has 1 aromatic heterocycles. The molecule has 0 unspecified atom stereocenters. The quantitative estimate of drug-likeness (QED) is 0.805. The summed E-state index contributed by atoms with van der Waals surface area (Å²) in [7, 11) is 5.09. The SMILES string of the molecule is Cc1c(N(C)C)c(=O)n(C)c(=O)n1-c1ccccc1. The Morgan fingerprint density at radius 2 is 1.63 bits per heavy atom. The molecule has 19 heavy (non-hydrogen) atoms. The molecule has 0 aliphatic rings. The van der Waals surface area contributed by atoms with E-state index in [0.29, 0.717) is 11.4 Å². The highest BCUT2D eigenvalue weighted by Crippen LogP contribution is 2.14. The summed E-state index contributed by atoms with van der Waals surface area (Å²) in [6.07, 6.45) is 0. The molecule has 0 amide bonds. The van der Waals surface area contributed by atoms with Crippen LogP contribution in [0.5, 0.6) is 0 Å². The van der Waals surface area contributed by atoms with Crippen LogP contribution < -0.4 is 16.1 Å². The molecule has 0 aliphatic carbocycles. The van der Waals surface area contributed by atoms with E-state index < -0.39 is 0 Å². The van der Waals surface area contributed by atoms with Crippen molar-refractivity contribution in [1.82, 2.24) is 9.13 Å². The molecule has 2 aromatic rings. The Hall–Kier alpha value is -2.30. The molecule has 100 valence electrons. The van der Waals surface area contributed by atoms with E-state index in [0.717, 1.165) is 10.3 Å². The Labute approximate surface area is 111 Å². The van der Waals surface area contributed by atoms with Crippen molar-refractivity contribution in [1.29, 1.82) is 0 Å². The molecule has 0 saturated heterocycles. The van der Waals surface area contributed by atoms with E-state index in [1.165, 1.54) is 7.05 Å². The molecule has 0 spiro atoms. The number of hydrogen-bond acceptors (Lipinski definition) is 3. The molecule has 0 fully saturated rings. The van der Waals surface area contributed by atoms with Gasteiger partial charge < -0.3 is 4.90 Å². The van der Waals surface area contributed by atoms with Crippen molar-refractivity contribution in [3.8, 4) is 5.69 Å². The van der Waals surface area contributed by atoms with Crippen molar-refractivity contribution in [2.75, 3.05) is 19.0 Å². The summed E-state index contributed by atoms with van der Waals surface area (Å²) < 4.78 is 2.69. The highest BCUT2D eigenvalue weighted by Gasteiger charge is 2.16. The summed E-state index contributed by atoms with van der Waals surface area (Å²) in [6, 6.07) is 9.30. The second kappa shape index (κ2) is 4.76. The minimum atomic E-state index is -0.334. The number of anilines is 1. The maximum atomic E-state index is 12.3. The monoisotopic (exact) mass is 259 g/mol. The number of para-hydroxylation sites is 1. The smallest absolute Gasteiger partial charge is 0.335 e. The summed E-state index contributed by atoms with van der Waals surface area (Å²) in [5.74, 6) is 0. The van der Waals surface area contributed by atoms with Gasteiger partial charge >= 0.3 is 5.69 Å². The van der Waals surface area contributed by atoms with Gasteiger partial charge in [-0.05, 0) is 19.1 Å². The van der Waals surface area contributed by atoms with E-state index in [2.05, 4.69) is 0 Å². The molecule has 2 rings (SSSR count). The third kappa shape index (κ3) is 2.07. The van der Waals surface area contributed by atoms with E-state index in [9.17, 15) is 9.59 Å². The summed E-state index contributed by atoms with van der Waals surface area (Å²) in [5.41, 5.74) is 1.30. The molecular formula is C14H17N3O2. The van der Waals surface area contributed by atoms with Gasteiger partial charge in [-0.1, -0.05) is 18.2 Å². The average molecular weight is 259 g/mol.